The normalized spacial score (nSPS) is 10.5. The van der Waals surface area contributed by atoms with Crippen molar-refractivity contribution in [2.45, 2.75) is 6.92 Å². The van der Waals surface area contributed by atoms with E-state index in [1.165, 1.54) is 11.3 Å². The standard InChI is InChI=1S/C16H12ClN3OS/c1-10-5-6-14(22-10)16(21)20-13-8-18-15(19-9-13)11-3-2-4-12(17)7-11/h2-9H,1H3,(H,20,21). The van der Waals surface area contributed by atoms with Crippen LogP contribution in [-0.2, 0) is 0 Å². The van der Waals surface area contributed by atoms with Crippen LogP contribution < -0.4 is 5.32 Å². The number of nitrogens with one attached hydrogen (secondary N) is 1. The SMILES string of the molecule is Cc1ccc(C(=O)Nc2cnc(-c3cccc(Cl)c3)nc2)s1. The van der Waals surface area contributed by atoms with Gasteiger partial charge >= 0.3 is 0 Å². The molecule has 0 bridgehead atoms. The van der Waals surface area contributed by atoms with E-state index < -0.39 is 0 Å². The number of hydrogen-bond acceptors (Lipinski definition) is 4. The summed E-state index contributed by atoms with van der Waals surface area (Å²) in [6.45, 7) is 1.96. The number of carbonyl (C=O) groups is 1. The van der Waals surface area contributed by atoms with E-state index in [1.54, 1.807) is 30.6 Å². The van der Waals surface area contributed by atoms with Crippen molar-refractivity contribution in [1.82, 2.24) is 9.97 Å². The highest BCUT2D eigenvalue weighted by Gasteiger charge is 2.09. The fourth-order valence-electron chi connectivity index (χ4n) is 1.92. The Morgan fingerprint density at radius 1 is 1.18 bits per heavy atom. The predicted octanol–water partition coefficient (Wildman–Crippen LogP) is 4.42. The van der Waals surface area contributed by atoms with Crippen LogP contribution >= 0.6 is 22.9 Å². The molecule has 0 aliphatic heterocycles. The predicted molar refractivity (Wildman–Crippen MR) is 89.5 cm³/mol. The molecule has 110 valence electrons. The summed E-state index contributed by atoms with van der Waals surface area (Å²) in [5.41, 5.74) is 1.39. The van der Waals surface area contributed by atoms with Crippen molar-refractivity contribution in [2.24, 2.45) is 0 Å². The fourth-order valence-corrected chi connectivity index (χ4v) is 2.87. The molecule has 1 amide bonds. The molecule has 0 aliphatic carbocycles. The third-order valence-corrected chi connectivity index (χ3v) is 4.19. The van der Waals surface area contributed by atoms with Gasteiger partial charge in [0.1, 0.15) is 0 Å². The number of thiophene rings is 1. The smallest absolute Gasteiger partial charge is 0.265 e. The van der Waals surface area contributed by atoms with E-state index in [9.17, 15) is 4.79 Å². The molecule has 0 radical (unpaired) electrons. The van der Waals surface area contributed by atoms with Crippen molar-refractivity contribution < 1.29 is 4.79 Å². The molecule has 3 aromatic rings. The van der Waals surface area contributed by atoms with Gasteiger partial charge in [-0.3, -0.25) is 4.79 Å². The molecule has 2 heterocycles. The first-order valence-electron chi connectivity index (χ1n) is 6.57. The van der Waals surface area contributed by atoms with Gasteiger partial charge in [0, 0.05) is 15.5 Å². The molecule has 0 atom stereocenters. The van der Waals surface area contributed by atoms with Gasteiger partial charge in [0.25, 0.3) is 5.91 Å². The lowest BCUT2D eigenvalue weighted by Gasteiger charge is -2.04. The summed E-state index contributed by atoms with van der Waals surface area (Å²) >= 11 is 7.40. The highest BCUT2D eigenvalue weighted by Crippen LogP contribution is 2.20. The van der Waals surface area contributed by atoms with Crippen molar-refractivity contribution in [3.05, 3.63) is 63.6 Å². The van der Waals surface area contributed by atoms with Crippen LogP contribution in [0.15, 0.2) is 48.8 Å². The minimum atomic E-state index is -0.155. The lowest BCUT2D eigenvalue weighted by atomic mass is 10.2. The molecule has 0 fully saturated rings. The zero-order valence-electron chi connectivity index (χ0n) is 11.7. The third kappa shape index (κ3) is 3.32. The summed E-state index contributed by atoms with van der Waals surface area (Å²) < 4.78 is 0. The van der Waals surface area contributed by atoms with Crippen LogP contribution in [0, 0.1) is 6.92 Å². The van der Waals surface area contributed by atoms with Gasteiger partial charge in [-0.1, -0.05) is 23.7 Å². The van der Waals surface area contributed by atoms with E-state index in [1.807, 2.05) is 25.1 Å². The number of aromatic nitrogens is 2. The first kappa shape index (κ1) is 14.7. The highest BCUT2D eigenvalue weighted by molar-refractivity contribution is 7.14. The molecule has 1 aromatic carbocycles. The molecule has 6 heteroatoms. The van der Waals surface area contributed by atoms with Crippen molar-refractivity contribution in [3.63, 3.8) is 0 Å². The molecule has 22 heavy (non-hydrogen) atoms. The van der Waals surface area contributed by atoms with Gasteiger partial charge in [-0.2, -0.15) is 0 Å². The number of aryl methyl sites for hydroxylation is 1. The monoisotopic (exact) mass is 329 g/mol. The highest BCUT2D eigenvalue weighted by atomic mass is 35.5. The van der Waals surface area contributed by atoms with Crippen LogP contribution in [0.5, 0.6) is 0 Å². The summed E-state index contributed by atoms with van der Waals surface area (Å²) in [6.07, 6.45) is 3.17. The summed E-state index contributed by atoms with van der Waals surface area (Å²) in [7, 11) is 0. The molecule has 3 rings (SSSR count). The topological polar surface area (TPSA) is 54.9 Å². The average Bonchev–Trinajstić information content (AvgIpc) is 2.95. The minimum absolute atomic E-state index is 0.155. The maximum absolute atomic E-state index is 12.1. The molecule has 0 spiro atoms. The minimum Gasteiger partial charge on any atom is -0.319 e. The van der Waals surface area contributed by atoms with Gasteiger partial charge in [0.2, 0.25) is 0 Å². The van der Waals surface area contributed by atoms with Crippen LogP contribution in [0.1, 0.15) is 14.5 Å². The molecular weight excluding hydrogens is 318 g/mol. The van der Waals surface area contributed by atoms with E-state index >= 15 is 0 Å². The van der Waals surface area contributed by atoms with Gasteiger partial charge < -0.3 is 5.32 Å². The van der Waals surface area contributed by atoms with Gasteiger partial charge in [-0.15, -0.1) is 11.3 Å². The number of rotatable bonds is 3. The Labute approximate surface area is 136 Å². The second-order valence-corrected chi connectivity index (χ2v) is 6.39. The Hall–Kier alpha value is -2.24. The average molecular weight is 330 g/mol. The number of carbonyl (C=O) groups excluding carboxylic acids is 1. The number of benzene rings is 1. The maximum Gasteiger partial charge on any atom is 0.265 e. The summed E-state index contributed by atoms with van der Waals surface area (Å²) in [4.78, 5) is 22.3. The first-order valence-corrected chi connectivity index (χ1v) is 7.77. The largest absolute Gasteiger partial charge is 0.319 e. The van der Waals surface area contributed by atoms with Crippen LogP contribution in [-0.4, -0.2) is 15.9 Å². The number of amides is 1. The van der Waals surface area contributed by atoms with Gasteiger partial charge in [-0.05, 0) is 31.2 Å². The molecule has 0 saturated carbocycles. The lowest BCUT2D eigenvalue weighted by molar-refractivity contribution is 0.103. The van der Waals surface area contributed by atoms with Crippen molar-refractivity contribution >= 4 is 34.5 Å². The number of nitrogens with zero attached hydrogens (tertiary/aromatic N) is 2. The number of anilines is 1. The number of halogens is 1. The van der Waals surface area contributed by atoms with Gasteiger partial charge in [0.05, 0.1) is 23.0 Å². The Morgan fingerprint density at radius 2 is 1.95 bits per heavy atom. The van der Waals surface area contributed by atoms with E-state index in [0.29, 0.717) is 21.4 Å². The molecule has 0 unspecified atom stereocenters. The Morgan fingerprint density at radius 3 is 2.59 bits per heavy atom. The van der Waals surface area contributed by atoms with Crippen LogP contribution in [0.3, 0.4) is 0 Å². The van der Waals surface area contributed by atoms with E-state index in [2.05, 4.69) is 15.3 Å². The Bertz CT molecular complexity index is 814. The lowest BCUT2D eigenvalue weighted by Crippen LogP contribution is -2.10. The van der Waals surface area contributed by atoms with Gasteiger partial charge in [-0.25, -0.2) is 9.97 Å². The van der Waals surface area contributed by atoms with E-state index in [-0.39, 0.29) is 5.91 Å². The second-order valence-electron chi connectivity index (χ2n) is 4.67. The summed E-state index contributed by atoms with van der Waals surface area (Å²) in [5, 5.41) is 3.41. The van der Waals surface area contributed by atoms with Crippen molar-refractivity contribution in [1.29, 1.82) is 0 Å². The molecule has 0 aliphatic rings. The van der Waals surface area contributed by atoms with E-state index in [0.717, 1.165) is 10.4 Å². The maximum atomic E-state index is 12.1. The molecule has 4 nitrogen and oxygen atoms in total. The molecule has 2 aromatic heterocycles. The Kier molecular flexibility index (Phi) is 4.18. The van der Waals surface area contributed by atoms with Crippen molar-refractivity contribution in [3.8, 4) is 11.4 Å². The van der Waals surface area contributed by atoms with Gasteiger partial charge in [0.15, 0.2) is 5.82 Å². The number of hydrogen-bond donors (Lipinski definition) is 1. The summed E-state index contributed by atoms with van der Waals surface area (Å²) in [5.74, 6) is 0.407. The van der Waals surface area contributed by atoms with Crippen LogP contribution in [0.2, 0.25) is 5.02 Å². The third-order valence-electron chi connectivity index (χ3n) is 2.96. The Balaban J connectivity index is 1.76. The fraction of sp³-hybridized carbons (Fsp3) is 0.0625. The van der Waals surface area contributed by atoms with E-state index in [4.69, 9.17) is 11.6 Å². The van der Waals surface area contributed by atoms with Crippen LogP contribution in [0.4, 0.5) is 5.69 Å². The van der Waals surface area contributed by atoms with Crippen LogP contribution in [0.25, 0.3) is 11.4 Å². The second kappa shape index (κ2) is 6.25. The molecule has 0 saturated heterocycles. The molecular formula is C16H12ClN3OS. The zero-order valence-corrected chi connectivity index (χ0v) is 13.3. The van der Waals surface area contributed by atoms with Crippen molar-refractivity contribution in [2.75, 3.05) is 5.32 Å². The zero-order chi connectivity index (χ0) is 15.5. The molecule has 1 N–H and O–H groups in total. The summed E-state index contributed by atoms with van der Waals surface area (Å²) in [6, 6.07) is 11.0. The first-order chi connectivity index (χ1) is 10.6. The quantitative estimate of drug-likeness (QED) is 0.774.